The molecule has 0 saturated carbocycles. The second-order valence-electron chi connectivity index (χ2n) is 7.97. The molecule has 0 saturated heterocycles. The predicted molar refractivity (Wildman–Crippen MR) is 119 cm³/mol. The highest BCUT2D eigenvalue weighted by atomic mass is 16.2. The molecule has 5 heteroatoms. The van der Waals surface area contributed by atoms with Gasteiger partial charge in [0.2, 0.25) is 11.8 Å². The number of hydrogen-bond donors (Lipinski definition) is 2. The molecule has 0 aromatic heterocycles. The minimum absolute atomic E-state index is 0.0780. The summed E-state index contributed by atoms with van der Waals surface area (Å²) in [6.45, 7) is 10.6. The Morgan fingerprint density at radius 2 is 1.59 bits per heavy atom. The van der Waals surface area contributed by atoms with Crippen LogP contribution in [0.5, 0.6) is 0 Å². The summed E-state index contributed by atoms with van der Waals surface area (Å²) in [6, 6.07) is 13.8. The Morgan fingerprint density at radius 1 is 1.00 bits per heavy atom. The number of nitrogens with zero attached hydrogens (tertiary/aromatic N) is 1. The van der Waals surface area contributed by atoms with E-state index in [1.807, 2.05) is 45.9 Å². The van der Waals surface area contributed by atoms with Gasteiger partial charge in [-0.25, -0.2) is 0 Å². The molecule has 2 rings (SSSR count). The van der Waals surface area contributed by atoms with Crippen molar-refractivity contribution in [3.63, 3.8) is 0 Å². The summed E-state index contributed by atoms with van der Waals surface area (Å²) in [7, 11) is 1.79. The van der Waals surface area contributed by atoms with Crippen LogP contribution in [0.1, 0.15) is 42.0 Å². The molecule has 2 amide bonds. The third-order valence-electron chi connectivity index (χ3n) is 5.33. The Morgan fingerprint density at radius 3 is 2.17 bits per heavy atom. The standard InChI is InChI=1S/C24H33N3O2/c1-16-12-17(2)23(18(3)13-16)26-22(28)15-27(6)20(5)24(29)25-14-19(4)21-10-8-7-9-11-21/h7-13,19-20H,14-15H2,1-6H3,(H,25,29)(H,26,28). The maximum absolute atomic E-state index is 12.5. The van der Waals surface area contributed by atoms with Crippen LogP contribution in [-0.2, 0) is 9.59 Å². The molecule has 29 heavy (non-hydrogen) atoms. The molecular weight excluding hydrogens is 362 g/mol. The second-order valence-corrected chi connectivity index (χ2v) is 7.97. The molecule has 0 aliphatic carbocycles. The number of benzene rings is 2. The molecule has 0 aliphatic rings. The minimum Gasteiger partial charge on any atom is -0.354 e. The zero-order valence-electron chi connectivity index (χ0n) is 18.4. The highest BCUT2D eigenvalue weighted by molar-refractivity contribution is 5.94. The van der Waals surface area contributed by atoms with E-state index in [4.69, 9.17) is 0 Å². The summed E-state index contributed by atoms with van der Waals surface area (Å²) < 4.78 is 0. The molecule has 2 unspecified atom stereocenters. The Balaban J connectivity index is 1.86. The van der Waals surface area contributed by atoms with E-state index >= 15 is 0 Å². The van der Waals surface area contributed by atoms with Gasteiger partial charge in [0.1, 0.15) is 0 Å². The maximum atomic E-state index is 12.5. The third-order valence-corrected chi connectivity index (χ3v) is 5.33. The largest absolute Gasteiger partial charge is 0.354 e. The average Bonchev–Trinajstić information content (AvgIpc) is 2.68. The lowest BCUT2D eigenvalue weighted by atomic mass is 10.0. The van der Waals surface area contributed by atoms with Crippen molar-refractivity contribution < 1.29 is 9.59 Å². The summed E-state index contributed by atoms with van der Waals surface area (Å²) in [5.74, 6) is 0.0269. The van der Waals surface area contributed by atoms with Gasteiger partial charge in [0.25, 0.3) is 0 Å². The summed E-state index contributed by atoms with van der Waals surface area (Å²) in [5.41, 5.74) is 5.29. The van der Waals surface area contributed by atoms with Crippen molar-refractivity contribution >= 4 is 17.5 Å². The number of hydrogen-bond acceptors (Lipinski definition) is 3. The molecule has 2 atom stereocenters. The Hall–Kier alpha value is -2.66. The van der Waals surface area contributed by atoms with E-state index in [1.165, 1.54) is 11.1 Å². The van der Waals surface area contributed by atoms with E-state index in [9.17, 15) is 9.59 Å². The summed E-state index contributed by atoms with van der Waals surface area (Å²) >= 11 is 0. The molecule has 0 fully saturated rings. The zero-order valence-corrected chi connectivity index (χ0v) is 18.4. The van der Waals surface area contributed by atoms with E-state index in [2.05, 4.69) is 41.8 Å². The number of nitrogens with one attached hydrogen (secondary N) is 2. The number of rotatable bonds is 8. The second kappa shape index (κ2) is 10.2. The van der Waals surface area contributed by atoms with Gasteiger partial charge in [0.15, 0.2) is 0 Å². The van der Waals surface area contributed by atoms with Crippen LogP contribution in [0, 0.1) is 20.8 Å². The van der Waals surface area contributed by atoms with Crippen molar-refractivity contribution in [2.45, 2.75) is 46.6 Å². The molecular formula is C24H33N3O2. The molecule has 2 aromatic rings. The number of carbonyl (C=O) groups excluding carboxylic acids is 2. The zero-order chi connectivity index (χ0) is 21.6. The molecule has 0 bridgehead atoms. The maximum Gasteiger partial charge on any atom is 0.238 e. The first-order chi connectivity index (χ1) is 13.7. The lowest BCUT2D eigenvalue weighted by Gasteiger charge is -2.24. The van der Waals surface area contributed by atoms with E-state index in [0.717, 1.165) is 16.8 Å². The Kier molecular flexibility index (Phi) is 7.97. The van der Waals surface area contributed by atoms with Crippen molar-refractivity contribution in [3.8, 4) is 0 Å². The fourth-order valence-electron chi connectivity index (χ4n) is 3.42. The third kappa shape index (κ3) is 6.43. The number of carbonyl (C=O) groups is 2. The van der Waals surface area contributed by atoms with Crippen molar-refractivity contribution in [2.75, 3.05) is 25.5 Å². The van der Waals surface area contributed by atoms with Crippen molar-refractivity contribution in [1.29, 1.82) is 0 Å². The SMILES string of the molecule is Cc1cc(C)c(NC(=O)CN(C)C(C)C(=O)NCC(C)c2ccccc2)c(C)c1. The molecule has 2 aromatic carbocycles. The van der Waals surface area contributed by atoms with Crippen LogP contribution < -0.4 is 10.6 Å². The van der Waals surface area contributed by atoms with Crippen molar-refractivity contribution in [1.82, 2.24) is 10.2 Å². The van der Waals surface area contributed by atoms with Crippen molar-refractivity contribution in [2.24, 2.45) is 0 Å². The van der Waals surface area contributed by atoms with Crippen LogP contribution in [0.2, 0.25) is 0 Å². The van der Waals surface area contributed by atoms with Gasteiger partial charge in [-0.2, -0.15) is 0 Å². The van der Waals surface area contributed by atoms with E-state index in [1.54, 1.807) is 11.9 Å². The first-order valence-electron chi connectivity index (χ1n) is 10.1. The predicted octanol–water partition coefficient (Wildman–Crippen LogP) is 3.79. The molecule has 0 aliphatic heterocycles. The smallest absolute Gasteiger partial charge is 0.238 e. The molecule has 5 nitrogen and oxygen atoms in total. The monoisotopic (exact) mass is 395 g/mol. The Labute approximate surface area is 174 Å². The molecule has 0 heterocycles. The lowest BCUT2D eigenvalue weighted by Crippen LogP contribution is -2.46. The first-order valence-corrected chi connectivity index (χ1v) is 10.1. The molecule has 0 radical (unpaired) electrons. The number of amides is 2. The number of anilines is 1. The lowest BCUT2D eigenvalue weighted by molar-refractivity contribution is -0.126. The summed E-state index contributed by atoms with van der Waals surface area (Å²) in [4.78, 5) is 26.8. The van der Waals surface area contributed by atoms with Crippen LogP contribution in [0.25, 0.3) is 0 Å². The quantitative estimate of drug-likeness (QED) is 0.715. The van der Waals surface area contributed by atoms with E-state index < -0.39 is 6.04 Å². The molecule has 2 N–H and O–H groups in total. The van der Waals surface area contributed by atoms with E-state index in [0.29, 0.717) is 6.54 Å². The van der Waals surface area contributed by atoms with Crippen LogP contribution in [0.3, 0.4) is 0 Å². The minimum atomic E-state index is -0.399. The highest BCUT2D eigenvalue weighted by Crippen LogP contribution is 2.21. The number of aryl methyl sites for hydroxylation is 3. The van der Waals surface area contributed by atoms with Crippen LogP contribution in [0.4, 0.5) is 5.69 Å². The highest BCUT2D eigenvalue weighted by Gasteiger charge is 2.21. The van der Waals surface area contributed by atoms with Gasteiger partial charge in [-0.3, -0.25) is 14.5 Å². The topological polar surface area (TPSA) is 61.4 Å². The number of likely N-dealkylation sites (N-methyl/N-ethyl adjacent to an activating group) is 1. The fourth-order valence-corrected chi connectivity index (χ4v) is 3.42. The van der Waals surface area contributed by atoms with Crippen LogP contribution >= 0.6 is 0 Å². The van der Waals surface area contributed by atoms with Gasteiger partial charge in [0.05, 0.1) is 12.6 Å². The fraction of sp³-hybridized carbons (Fsp3) is 0.417. The van der Waals surface area contributed by atoms with Crippen LogP contribution in [0.15, 0.2) is 42.5 Å². The van der Waals surface area contributed by atoms with Gasteiger partial charge in [0, 0.05) is 12.2 Å². The van der Waals surface area contributed by atoms with Gasteiger partial charge in [-0.15, -0.1) is 0 Å². The summed E-state index contributed by atoms with van der Waals surface area (Å²) in [6.07, 6.45) is 0. The van der Waals surface area contributed by atoms with E-state index in [-0.39, 0.29) is 24.3 Å². The summed E-state index contributed by atoms with van der Waals surface area (Å²) in [5, 5.41) is 5.99. The van der Waals surface area contributed by atoms with Gasteiger partial charge < -0.3 is 10.6 Å². The van der Waals surface area contributed by atoms with Gasteiger partial charge in [-0.05, 0) is 57.4 Å². The first kappa shape index (κ1) is 22.6. The Bertz CT molecular complexity index is 825. The normalized spacial score (nSPS) is 13.1. The van der Waals surface area contributed by atoms with Crippen LogP contribution in [-0.4, -0.2) is 42.9 Å². The molecule has 156 valence electrons. The molecule has 0 spiro atoms. The average molecular weight is 396 g/mol. The van der Waals surface area contributed by atoms with Gasteiger partial charge in [-0.1, -0.05) is 55.0 Å². The van der Waals surface area contributed by atoms with Gasteiger partial charge >= 0.3 is 0 Å². The van der Waals surface area contributed by atoms with Crippen molar-refractivity contribution in [3.05, 3.63) is 64.7 Å².